The summed E-state index contributed by atoms with van der Waals surface area (Å²) in [7, 11) is 1.56. The number of nitrogens with zero attached hydrogens (tertiary/aromatic N) is 1. The van der Waals surface area contributed by atoms with Crippen LogP contribution in [0.4, 0.5) is 0 Å². The van der Waals surface area contributed by atoms with Crippen LogP contribution in [0.2, 0.25) is 15.1 Å². The molecule has 0 aromatic heterocycles. The number of nitriles is 1. The molecule has 0 spiro atoms. The second kappa shape index (κ2) is 10.2. The summed E-state index contributed by atoms with van der Waals surface area (Å²) in [6.45, 7) is 0.244. The first-order valence-electron chi connectivity index (χ1n) is 8.73. The van der Waals surface area contributed by atoms with Crippen LogP contribution in [0.1, 0.15) is 16.7 Å². The predicted molar refractivity (Wildman–Crippen MR) is 126 cm³/mol. The molecule has 0 bridgehead atoms. The van der Waals surface area contributed by atoms with E-state index >= 15 is 0 Å². The molecule has 7 heteroatoms. The summed E-state index contributed by atoms with van der Waals surface area (Å²) in [5.74, 6) is 1.06. The van der Waals surface area contributed by atoms with Gasteiger partial charge in [-0.3, -0.25) is 0 Å². The maximum absolute atomic E-state index is 9.58. The lowest BCUT2D eigenvalue weighted by atomic mass is 10.0. The Kier molecular flexibility index (Phi) is 7.69. The summed E-state index contributed by atoms with van der Waals surface area (Å²) >= 11 is 21.6. The van der Waals surface area contributed by atoms with Crippen molar-refractivity contribution < 1.29 is 9.47 Å². The average molecular weight is 524 g/mol. The monoisotopic (exact) mass is 521 g/mol. The molecule has 0 fully saturated rings. The number of hydrogen-bond donors (Lipinski definition) is 0. The van der Waals surface area contributed by atoms with E-state index in [9.17, 15) is 5.26 Å². The van der Waals surface area contributed by atoms with Gasteiger partial charge in [-0.15, -0.1) is 0 Å². The van der Waals surface area contributed by atoms with Crippen LogP contribution in [0.5, 0.6) is 11.5 Å². The zero-order chi connectivity index (χ0) is 21.7. The highest BCUT2D eigenvalue weighted by molar-refractivity contribution is 9.10. The van der Waals surface area contributed by atoms with Gasteiger partial charge >= 0.3 is 0 Å². The number of allylic oxidation sites excluding steroid dienone is 1. The molecule has 3 aromatic carbocycles. The molecular formula is C23H15BrCl3NO2. The Balaban J connectivity index is 1.89. The maximum Gasteiger partial charge on any atom is 0.175 e. The highest BCUT2D eigenvalue weighted by atomic mass is 79.9. The first-order valence-corrected chi connectivity index (χ1v) is 10.7. The summed E-state index contributed by atoms with van der Waals surface area (Å²) in [6.07, 6.45) is 1.77. The van der Waals surface area contributed by atoms with Crippen molar-refractivity contribution in [2.75, 3.05) is 7.11 Å². The Morgan fingerprint density at radius 3 is 2.37 bits per heavy atom. The molecule has 30 heavy (non-hydrogen) atoms. The third-order valence-electron chi connectivity index (χ3n) is 4.23. The lowest BCUT2D eigenvalue weighted by Crippen LogP contribution is -2.00. The van der Waals surface area contributed by atoms with Gasteiger partial charge < -0.3 is 9.47 Å². The minimum atomic E-state index is 0.244. The molecule has 0 N–H and O–H groups in total. The topological polar surface area (TPSA) is 42.2 Å². The third-order valence-corrected chi connectivity index (χ3v) is 5.65. The average Bonchev–Trinajstić information content (AvgIpc) is 2.72. The van der Waals surface area contributed by atoms with E-state index < -0.39 is 0 Å². The van der Waals surface area contributed by atoms with Crippen LogP contribution < -0.4 is 9.47 Å². The SMILES string of the molecule is COc1cc(/C=C(/C#N)c2ccc(Cl)cc2)cc(Br)c1OCc1ccc(Cl)cc1Cl. The van der Waals surface area contributed by atoms with Crippen LogP contribution in [0.15, 0.2) is 59.1 Å². The minimum Gasteiger partial charge on any atom is -0.493 e. The van der Waals surface area contributed by atoms with Crippen molar-refractivity contribution in [2.24, 2.45) is 0 Å². The normalized spacial score (nSPS) is 11.1. The van der Waals surface area contributed by atoms with Gasteiger partial charge in [-0.2, -0.15) is 5.26 Å². The van der Waals surface area contributed by atoms with E-state index in [0.29, 0.717) is 36.6 Å². The molecule has 0 aliphatic heterocycles. The first kappa shape index (κ1) is 22.5. The molecule has 0 radical (unpaired) electrons. The Morgan fingerprint density at radius 1 is 1.03 bits per heavy atom. The summed E-state index contributed by atoms with van der Waals surface area (Å²) in [6, 6.07) is 18.2. The first-order chi connectivity index (χ1) is 14.4. The molecule has 0 heterocycles. The molecule has 3 rings (SSSR count). The second-order valence-electron chi connectivity index (χ2n) is 6.24. The van der Waals surface area contributed by atoms with Crippen LogP contribution in [0.3, 0.4) is 0 Å². The fourth-order valence-electron chi connectivity index (χ4n) is 2.73. The fraction of sp³-hybridized carbons (Fsp3) is 0.0870. The highest BCUT2D eigenvalue weighted by Crippen LogP contribution is 2.38. The number of ether oxygens (including phenoxy) is 2. The van der Waals surface area contributed by atoms with Gasteiger partial charge in [0.15, 0.2) is 11.5 Å². The molecule has 0 saturated heterocycles. The predicted octanol–water partition coefficient (Wildman–Crippen LogP) is 8.06. The Morgan fingerprint density at radius 2 is 1.73 bits per heavy atom. The van der Waals surface area contributed by atoms with E-state index in [0.717, 1.165) is 16.7 Å². The van der Waals surface area contributed by atoms with E-state index in [1.54, 1.807) is 55.7 Å². The van der Waals surface area contributed by atoms with Crippen LogP contribution in [-0.2, 0) is 6.61 Å². The van der Waals surface area contributed by atoms with Crippen molar-refractivity contribution in [2.45, 2.75) is 6.61 Å². The smallest absolute Gasteiger partial charge is 0.175 e. The molecule has 0 aliphatic carbocycles. The van der Waals surface area contributed by atoms with Crippen LogP contribution in [0.25, 0.3) is 11.6 Å². The molecule has 0 aliphatic rings. The number of methoxy groups -OCH3 is 1. The molecule has 0 saturated carbocycles. The third kappa shape index (κ3) is 5.50. The van der Waals surface area contributed by atoms with E-state index in [-0.39, 0.29) is 6.61 Å². The van der Waals surface area contributed by atoms with Gasteiger partial charge in [-0.25, -0.2) is 0 Å². The van der Waals surface area contributed by atoms with Gasteiger partial charge in [0.2, 0.25) is 0 Å². The zero-order valence-corrected chi connectivity index (χ0v) is 19.6. The maximum atomic E-state index is 9.58. The highest BCUT2D eigenvalue weighted by Gasteiger charge is 2.13. The Bertz CT molecular complexity index is 1140. The van der Waals surface area contributed by atoms with Crippen LogP contribution in [-0.4, -0.2) is 7.11 Å². The lowest BCUT2D eigenvalue weighted by Gasteiger charge is -2.14. The van der Waals surface area contributed by atoms with E-state index in [1.807, 2.05) is 12.1 Å². The zero-order valence-electron chi connectivity index (χ0n) is 15.8. The lowest BCUT2D eigenvalue weighted by molar-refractivity contribution is 0.282. The van der Waals surface area contributed by atoms with Gasteiger partial charge in [-0.1, -0.05) is 53.0 Å². The molecule has 0 amide bonds. The second-order valence-corrected chi connectivity index (χ2v) is 8.37. The molecular weight excluding hydrogens is 509 g/mol. The van der Waals surface area contributed by atoms with Crippen molar-refractivity contribution in [1.29, 1.82) is 5.26 Å². The number of hydrogen-bond acceptors (Lipinski definition) is 3. The van der Waals surface area contributed by atoms with E-state index in [1.165, 1.54) is 0 Å². The van der Waals surface area contributed by atoms with E-state index in [2.05, 4.69) is 22.0 Å². The summed E-state index contributed by atoms with van der Waals surface area (Å²) < 4.78 is 12.1. The van der Waals surface area contributed by atoms with Gasteiger partial charge in [0.1, 0.15) is 6.61 Å². The largest absolute Gasteiger partial charge is 0.493 e. The molecule has 0 unspecified atom stereocenters. The van der Waals surface area contributed by atoms with Crippen LogP contribution >= 0.6 is 50.7 Å². The number of halogens is 4. The van der Waals surface area contributed by atoms with Crippen molar-refractivity contribution in [3.8, 4) is 17.6 Å². The fourth-order valence-corrected chi connectivity index (χ4v) is 3.89. The summed E-state index contributed by atoms with van der Waals surface area (Å²) in [5.41, 5.74) is 2.85. The quantitative estimate of drug-likeness (QED) is 0.242. The van der Waals surface area contributed by atoms with E-state index in [4.69, 9.17) is 44.3 Å². The van der Waals surface area contributed by atoms with Gasteiger partial charge in [-0.05, 0) is 69.5 Å². The van der Waals surface area contributed by atoms with Crippen molar-refractivity contribution >= 4 is 62.4 Å². The van der Waals surface area contributed by atoms with Gasteiger partial charge in [0.05, 0.1) is 23.2 Å². The number of benzene rings is 3. The Labute approximate surface area is 198 Å². The molecule has 152 valence electrons. The van der Waals surface area contributed by atoms with Crippen LogP contribution in [0, 0.1) is 11.3 Å². The minimum absolute atomic E-state index is 0.244. The Hall–Kier alpha value is -2.16. The molecule has 3 aromatic rings. The molecule has 3 nitrogen and oxygen atoms in total. The standard InChI is InChI=1S/C23H15BrCl3NO2/c1-29-22-10-14(8-17(12-28)15-2-5-18(25)6-3-15)9-20(24)23(22)30-13-16-4-7-19(26)11-21(16)27/h2-11H,13H2,1H3/b17-8-. The summed E-state index contributed by atoms with van der Waals surface area (Å²) in [4.78, 5) is 0. The summed E-state index contributed by atoms with van der Waals surface area (Å²) in [5, 5.41) is 11.3. The molecule has 0 atom stereocenters. The van der Waals surface area contributed by atoms with Gasteiger partial charge in [0, 0.05) is 20.6 Å². The number of rotatable bonds is 6. The van der Waals surface area contributed by atoms with Crippen molar-refractivity contribution in [3.63, 3.8) is 0 Å². The van der Waals surface area contributed by atoms with Crippen molar-refractivity contribution in [3.05, 3.63) is 90.8 Å². The van der Waals surface area contributed by atoms with Gasteiger partial charge in [0.25, 0.3) is 0 Å². The van der Waals surface area contributed by atoms with Crippen molar-refractivity contribution in [1.82, 2.24) is 0 Å².